The molecule has 0 spiro atoms. The number of hydrogen-bond acceptors (Lipinski definition) is 5. The first-order valence-corrected chi connectivity index (χ1v) is 8.21. The number of esters is 1. The molecule has 1 heterocycles. The van der Waals surface area contributed by atoms with Crippen LogP contribution in [-0.4, -0.2) is 36.1 Å². The van der Waals surface area contributed by atoms with Gasteiger partial charge in [-0.15, -0.1) is 0 Å². The van der Waals surface area contributed by atoms with Gasteiger partial charge in [-0.1, -0.05) is 18.2 Å². The van der Waals surface area contributed by atoms with Crippen LogP contribution in [0.4, 0.5) is 10.1 Å². The minimum absolute atomic E-state index is 0.132. The van der Waals surface area contributed by atoms with E-state index in [-0.39, 0.29) is 18.3 Å². The summed E-state index contributed by atoms with van der Waals surface area (Å²) in [7, 11) is 1.96. The van der Waals surface area contributed by atoms with Crippen molar-refractivity contribution in [3.63, 3.8) is 0 Å². The number of anilines is 1. The molecule has 1 atom stereocenters. The zero-order chi connectivity index (χ0) is 17.8. The molecule has 1 aliphatic rings. The van der Waals surface area contributed by atoms with E-state index in [9.17, 15) is 14.3 Å². The van der Waals surface area contributed by atoms with Gasteiger partial charge >= 0.3 is 5.97 Å². The summed E-state index contributed by atoms with van der Waals surface area (Å²) in [5.41, 5.74) is 2.52. The maximum atomic E-state index is 12.9. The van der Waals surface area contributed by atoms with Crippen molar-refractivity contribution in [2.24, 2.45) is 0 Å². The number of hydrogen-bond donors (Lipinski definition) is 2. The number of nitrogens with one attached hydrogen (secondary N) is 1. The van der Waals surface area contributed by atoms with Crippen molar-refractivity contribution in [1.82, 2.24) is 4.90 Å². The summed E-state index contributed by atoms with van der Waals surface area (Å²) in [6, 6.07) is 11.7. The van der Waals surface area contributed by atoms with Gasteiger partial charge in [0.1, 0.15) is 12.4 Å². The monoisotopic (exact) mass is 344 g/mol. The quantitative estimate of drug-likeness (QED) is 0.623. The van der Waals surface area contributed by atoms with Gasteiger partial charge in [-0.3, -0.25) is 0 Å². The number of carbonyl (C=O) groups excluding carboxylic acids is 1. The topological polar surface area (TPSA) is 61.8 Å². The minimum Gasteiger partial charge on any atom is -0.423 e. The van der Waals surface area contributed by atoms with Gasteiger partial charge in [0.2, 0.25) is 0 Å². The highest BCUT2D eigenvalue weighted by Crippen LogP contribution is 2.31. The van der Waals surface area contributed by atoms with Crippen LogP contribution in [0.15, 0.2) is 42.5 Å². The molecule has 2 aromatic rings. The first-order chi connectivity index (χ1) is 12.0. The Morgan fingerprint density at radius 1 is 1.28 bits per heavy atom. The minimum atomic E-state index is -0.611. The van der Waals surface area contributed by atoms with Crippen molar-refractivity contribution in [2.45, 2.75) is 19.1 Å². The van der Waals surface area contributed by atoms with Crippen LogP contribution in [-0.2, 0) is 11.3 Å². The summed E-state index contributed by atoms with van der Waals surface area (Å²) in [5, 5.41) is 13.4. The van der Waals surface area contributed by atoms with Crippen LogP contribution in [0.2, 0.25) is 0 Å². The molecule has 1 aliphatic heterocycles. The lowest BCUT2D eigenvalue weighted by Crippen LogP contribution is -2.25. The maximum absolute atomic E-state index is 12.9. The van der Waals surface area contributed by atoms with Gasteiger partial charge in [0.25, 0.3) is 0 Å². The fourth-order valence-electron chi connectivity index (χ4n) is 2.80. The number of aliphatic hydroxyl groups is 1. The van der Waals surface area contributed by atoms with Crippen molar-refractivity contribution in [1.29, 1.82) is 0 Å². The second-order valence-electron chi connectivity index (χ2n) is 6.25. The SMILES string of the molecule is CN(CCC(O)c1ccc2c(c1)NCC(=O)O2)Cc1ccc(F)cc1. The van der Waals surface area contributed by atoms with Crippen LogP contribution < -0.4 is 10.1 Å². The van der Waals surface area contributed by atoms with E-state index in [1.165, 1.54) is 12.1 Å². The summed E-state index contributed by atoms with van der Waals surface area (Å²) in [6.45, 7) is 1.51. The normalized spacial score (nSPS) is 14.6. The molecule has 2 N–H and O–H groups in total. The number of ether oxygens (including phenoxy) is 1. The lowest BCUT2D eigenvalue weighted by atomic mass is 10.0. The molecule has 0 fully saturated rings. The molecule has 0 aliphatic carbocycles. The molecule has 1 unspecified atom stereocenters. The predicted octanol–water partition coefficient (Wildman–Crippen LogP) is 2.71. The number of aliphatic hydroxyl groups excluding tert-OH is 1. The second kappa shape index (κ2) is 7.63. The standard InChI is InChI=1S/C19H21FN2O3/c1-22(12-13-2-5-15(20)6-3-13)9-8-17(23)14-4-7-18-16(10-14)21-11-19(24)25-18/h2-7,10,17,21,23H,8-9,11-12H2,1H3. The van der Waals surface area contributed by atoms with E-state index in [1.807, 2.05) is 13.1 Å². The predicted molar refractivity (Wildman–Crippen MR) is 92.9 cm³/mol. The van der Waals surface area contributed by atoms with Gasteiger partial charge in [0, 0.05) is 13.1 Å². The Bertz CT molecular complexity index is 749. The highest BCUT2D eigenvalue weighted by molar-refractivity contribution is 5.83. The third kappa shape index (κ3) is 4.55. The highest BCUT2D eigenvalue weighted by Gasteiger charge is 2.18. The Balaban J connectivity index is 1.54. The Morgan fingerprint density at radius 3 is 2.80 bits per heavy atom. The van der Waals surface area contributed by atoms with Gasteiger partial charge in [0.05, 0.1) is 11.8 Å². The Morgan fingerprint density at radius 2 is 2.04 bits per heavy atom. The average Bonchev–Trinajstić information content (AvgIpc) is 2.61. The summed E-state index contributed by atoms with van der Waals surface area (Å²) in [6.07, 6.45) is -0.0450. The number of nitrogens with zero attached hydrogens (tertiary/aromatic N) is 1. The lowest BCUT2D eigenvalue weighted by Gasteiger charge is -2.21. The molecular formula is C19H21FN2O3. The van der Waals surface area contributed by atoms with Gasteiger partial charge < -0.3 is 20.1 Å². The summed E-state index contributed by atoms with van der Waals surface area (Å²) < 4.78 is 18.0. The summed E-state index contributed by atoms with van der Waals surface area (Å²) in [5.74, 6) is -0.0719. The second-order valence-corrected chi connectivity index (χ2v) is 6.25. The van der Waals surface area contributed by atoms with Gasteiger partial charge in [-0.05, 0) is 48.9 Å². The molecule has 5 nitrogen and oxygen atoms in total. The van der Waals surface area contributed by atoms with E-state index in [0.29, 0.717) is 25.3 Å². The average molecular weight is 344 g/mol. The van der Waals surface area contributed by atoms with Crippen LogP contribution in [0.5, 0.6) is 5.75 Å². The molecular weight excluding hydrogens is 323 g/mol. The molecule has 0 aromatic heterocycles. The molecule has 0 bridgehead atoms. The number of halogens is 1. The first-order valence-electron chi connectivity index (χ1n) is 8.21. The third-order valence-corrected chi connectivity index (χ3v) is 4.19. The van der Waals surface area contributed by atoms with Crippen molar-refractivity contribution < 1.29 is 19.0 Å². The zero-order valence-electron chi connectivity index (χ0n) is 14.0. The molecule has 6 heteroatoms. The van der Waals surface area contributed by atoms with Crippen LogP contribution in [0, 0.1) is 5.82 Å². The molecule has 0 saturated carbocycles. The summed E-state index contributed by atoms with van der Waals surface area (Å²) in [4.78, 5) is 13.3. The number of fused-ring (bicyclic) bond motifs is 1. The Kier molecular flexibility index (Phi) is 5.31. The fraction of sp³-hybridized carbons (Fsp3) is 0.316. The van der Waals surface area contributed by atoms with Crippen molar-refractivity contribution in [3.8, 4) is 5.75 Å². The van der Waals surface area contributed by atoms with Crippen molar-refractivity contribution in [2.75, 3.05) is 25.5 Å². The Hall–Kier alpha value is -2.44. The van der Waals surface area contributed by atoms with E-state index in [1.54, 1.807) is 24.3 Å². The number of carbonyl (C=O) groups is 1. The van der Waals surface area contributed by atoms with Gasteiger partial charge in [0.15, 0.2) is 5.75 Å². The van der Waals surface area contributed by atoms with E-state index in [2.05, 4.69) is 10.2 Å². The number of benzene rings is 2. The molecule has 132 valence electrons. The smallest absolute Gasteiger partial charge is 0.330 e. The maximum Gasteiger partial charge on any atom is 0.330 e. The van der Waals surface area contributed by atoms with Crippen molar-refractivity contribution >= 4 is 11.7 Å². The van der Waals surface area contributed by atoms with Crippen LogP contribution in [0.25, 0.3) is 0 Å². The van der Waals surface area contributed by atoms with Crippen LogP contribution in [0.1, 0.15) is 23.7 Å². The Labute approximate surface area is 146 Å². The molecule has 0 saturated heterocycles. The van der Waals surface area contributed by atoms with E-state index >= 15 is 0 Å². The van der Waals surface area contributed by atoms with Crippen LogP contribution >= 0.6 is 0 Å². The molecule has 0 amide bonds. The number of rotatable bonds is 6. The summed E-state index contributed by atoms with van der Waals surface area (Å²) >= 11 is 0. The third-order valence-electron chi connectivity index (χ3n) is 4.19. The zero-order valence-corrected chi connectivity index (χ0v) is 14.0. The molecule has 2 aromatic carbocycles. The van der Waals surface area contributed by atoms with E-state index in [0.717, 1.165) is 16.8 Å². The molecule has 3 rings (SSSR count). The fourth-order valence-corrected chi connectivity index (χ4v) is 2.80. The van der Waals surface area contributed by atoms with Gasteiger partial charge in [-0.25, -0.2) is 9.18 Å². The molecule has 25 heavy (non-hydrogen) atoms. The first kappa shape index (κ1) is 17.4. The largest absolute Gasteiger partial charge is 0.423 e. The molecule has 0 radical (unpaired) electrons. The van der Waals surface area contributed by atoms with Crippen LogP contribution in [0.3, 0.4) is 0 Å². The highest BCUT2D eigenvalue weighted by atomic mass is 19.1. The lowest BCUT2D eigenvalue weighted by molar-refractivity contribution is -0.132. The van der Waals surface area contributed by atoms with E-state index < -0.39 is 6.10 Å². The van der Waals surface area contributed by atoms with Crippen molar-refractivity contribution in [3.05, 3.63) is 59.4 Å². The van der Waals surface area contributed by atoms with Gasteiger partial charge in [-0.2, -0.15) is 0 Å². The van der Waals surface area contributed by atoms with E-state index in [4.69, 9.17) is 4.74 Å².